The minimum atomic E-state index is -0.581. The maximum Gasteiger partial charge on any atom is 0.294 e. The summed E-state index contributed by atoms with van der Waals surface area (Å²) in [6, 6.07) is 9.55. The lowest BCUT2D eigenvalue weighted by Gasteiger charge is -2.19. The van der Waals surface area contributed by atoms with Crippen molar-refractivity contribution in [1.29, 1.82) is 0 Å². The van der Waals surface area contributed by atoms with Gasteiger partial charge in [0.2, 0.25) is 5.91 Å². The maximum atomic E-state index is 12.6. The van der Waals surface area contributed by atoms with E-state index in [-0.39, 0.29) is 10.7 Å². The number of nitrogens with one attached hydrogen (secondary N) is 1. The molecule has 0 aromatic heterocycles. The number of carbonyl (C=O) groups is 3. The van der Waals surface area contributed by atoms with Gasteiger partial charge in [-0.1, -0.05) is 6.07 Å². The van der Waals surface area contributed by atoms with E-state index in [1.165, 1.54) is 19.3 Å². The number of anilines is 1. The van der Waals surface area contributed by atoms with E-state index in [0.717, 1.165) is 16.7 Å². The van der Waals surface area contributed by atoms with Crippen LogP contribution in [0.2, 0.25) is 0 Å². The standard InChI is InChI=1S/C21H18N2O7S/c1-28-15-4-2-12(8-14(15)24)9-18-20(26)23(21(27)31-18)11-19(25)22-13-3-5-16-17(10-13)30-7-6-29-16/h2-5,8-10,24H,6-7,11H2,1H3,(H,22,25)/b18-9+. The van der Waals surface area contributed by atoms with E-state index in [0.29, 0.717) is 41.7 Å². The van der Waals surface area contributed by atoms with Crippen molar-refractivity contribution in [3.63, 3.8) is 0 Å². The van der Waals surface area contributed by atoms with Gasteiger partial charge < -0.3 is 24.6 Å². The minimum absolute atomic E-state index is 0.0886. The number of methoxy groups -OCH3 is 1. The topological polar surface area (TPSA) is 114 Å². The molecule has 0 saturated carbocycles. The highest BCUT2D eigenvalue weighted by Gasteiger charge is 2.36. The van der Waals surface area contributed by atoms with Crippen LogP contribution in [0.15, 0.2) is 41.3 Å². The fraction of sp³-hybridized carbons (Fsp3) is 0.190. The summed E-state index contributed by atoms with van der Waals surface area (Å²) < 4.78 is 15.9. The molecule has 2 aromatic carbocycles. The average molecular weight is 442 g/mol. The fourth-order valence-electron chi connectivity index (χ4n) is 3.05. The van der Waals surface area contributed by atoms with Crippen LogP contribution in [0.5, 0.6) is 23.0 Å². The molecule has 1 saturated heterocycles. The molecule has 1 fully saturated rings. The molecule has 0 bridgehead atoms. The number of hydrogen-bond acceptors (Lipinski definition) is 8. The van der Waals surface area contributed by atoms with E-state index in [1.807, 2.05) is 0 Å². The third-order valence-corrected chi connectivity index (χ3v) is 5.41. The first-order valence-corrected chi connectivity index (χ1v) is 10.1. The lowest BCUT2D eigenvalue weighted by molar-refractivity contribution is -0.127. The molecule has 0 unspecified atom stereocenters. The Morgan fingerprint density at radius 1 is 1.19 bits per heavy atom. The van der Waals surface area contributed by atoms with E-state index < -0.39 is 23.6 Å². The van der Waals surface area contributed by atoms with E-state index in [4.69, 9.17) is 14.2 Å². The van der Waals surface area contributed by atoms with Gasteiger partial charge in [0, 0.05) is 11.8 Å². The Morgan fingerprint density at radius 3 is 2.71 bits per heavy atom. The Morgan fingerprint density at radius 2 is 1.97 bits per heavy atom. The summed E-state index contributed by atoms with van der Waals surface area (Å²) in [5, 5.41) is 12.0. The predicted octanol–water partition coefficient (Wildman–Crippen LogP) is 2.85. The molecular weight excluding hydrogens is 424 g/mol. The molecule has 9 nitrogen and oxygen atoms in total. The summed E-state index contributed by atoms with van der Waals surface area (Å²) in [6.07, 6.45) is 1.47. The second-order valence-corrected chi connectivity index (χ2v) is 7.60. The monoisotopic (exact) mass is 442 g/mol. The van der Waals surface area contributed by atoms with Gasteiger partial charge in [0.15, 0.2) is 23.0 Å². The zero-order chi connectivity index (χ0) is 22.0. The molecule has 2 N–H and O–H groups in total. The summed E-state index contributed by atoms with van der Waals surface area (Å²) >= 11 is 0.728. The van der Waals surface area contributed by atoms with Gasteiger partial charge in [-0.3, -0.25) is 19.3 Å². The first-order valence-electron chi connectivity index (χ1n) is 9.26. The van der Waals surface area contributed by atoms with Gasteiger partial charge in [-0.2, -0.15) is 0 Å². The molecule has 2 aliphatic heterocycles. The number of thioether (sulfide) groups is 1. The summed E-state index contributed by atoms with van der Waals surface area (Å²) in [6.45, 7) is 0.450. The Balaban J connectivity index is 1.43. The summed E-state index contributed by atoms with van der Waals surface area (Å²) in [5.74, 6) is 0.200. The quantitative estimate of drug-likeness (QED) is 0.680. The van der Waals surface area contributed by atoms with Crippen LogP contribution in [-0.4, -0.2) is 53.9 Å². The molecule has 160 valence electrons. The Kier molecular flexibility index (Phi) is 5.72. The molecule has 0 radical (unpaired) electrons. The van der Waals surface area contributed by atoms with Crippen LogP contribution in [0.1, 0.15) is 5.56 Å². The molecule has 4 rings (SSSR count). The summed E-state index contributed by atoms with van der Waals surface area (Å²) in [4.78, 5) is 38.3. The lowest BCUT2D eigenvalue weighted by Crippen LogP contribution is -2.36. The van der Waals surface area contributed by atoms with Crippen molar-refractivity contribution in [3.8, 4) is 23.0 Å². The first-order chi connectivity index (χ1) is 14.9. The van der Waals surface area contributed by atoms with Crippen LogP contribution in [0.4, 0.5) is 10.5 Å². The van der Waals surface area contributed by atoms with Crippen molar-refractivity contribution in [2.45, 2.75) is 0 Å². The van der Waals surface area contributed by atoms with Gasteiger partial charge >= 0.3 is 0 Å². The van der Waals surface area contributed by atoms with Crippen LogP contribution in [-0.2, 0) is 9.59 Å². The van der Waals surface area contributed by atoms with Gasteiger partial charge in [0.05, 0.1) is 12.0 Å². The highest BCUT2D eigenvalue weighted by molar-refractivity contribution is 8.18. The Hall–Kier alpha value is -3.66. The maximum absolute atomic E-state index is 12.6. The third kappa shape index (κ3) is 4.43. The number of aromatic hydroxyl groups is 1. The Labute approximate surface area is 181 Å². The molecule has 10 heteroatoms. The van der Waals surface area contributed by atoms with Crippen LogP contribution in [0.3, 0.4) is 0 Å². The minimum Gasteiger partial charge on any atom is -0.504 e. The Bertz CT molecular complexity index is 1100. The normalized spacial score (nSPS) is 16.5. The summed E-state index contributed by atoms with van der Waals surface area (Å²) in [5.41, 5.74) is 0.981. The van der Waals surface area contributed by atoms with Gasteiger partial charge in [0.25, 0.3) is 11.1 Å². The number of phenolic OH excluding ortho intramolecular Hbond substituents is 1. The number of carbonyl (C=O) groups excluding carboxylic acids is 3. The molecule has 31 heavy (non-hydrogen) atoms. The number of amides is 3. The van der Waals surface area contributed by atoms with Gasteiger partial charge in [-0.25, -0.2) is 0 Å². The molecular formula is C21H18N2O7S. The molecule has 2 heterocycles. The van der Waals surface area contributed by atoms with Crippen molar-refractivity contribution in [1.82, 2.24) is 4.90 Å². The van der Waals surface area contributed by atoms with Crippen molar-refractivity contribution in [3.05, 3.63) is 46.9 Å². The molecule has 2 aliphatic rings. The van der Waals surface area contributed by atoms with Gasteiger partial charge in [-0.15, -0.1) is 0 Å². The highest BCUT2D eigenvalue weighted by atomic mass is 32.2. The van der Waals surface area contributed by atoms with E-state index >= 15 is 0 Å². The number of rotatable bonds is 5. The number of hydrogen-bond donors (Lipinski definition) is 2. The van der Waals surface area contributed by atoms with Gasteiger partial charge in [0.1, 0.15) is 19.8 Å². The van der Waals surface area contributed by atoms with Crippen molar-refractivity contribution < 1.29 is 33.7 Å². The number of benzene rings is 2. The zero-order valence-corrected chi connectivity index (χ0v) is 17.2. The van der Waals surface area contributed by atoms with Crippen molar-refractivity contribution in [2.75, 3.05) is 32.2 Å². The molecule has 0 atom stereocenters. The number of imide groups is 1. The third-order valence-electron chi connectivity index (χ3n) is 4.50. The smallest absolute Gasteiger partial charge is 0.294 e. The van der Waals surface area contributed by atoms with Crippen molar-refractivity contribution in [2.24, 2.45) is 0 Å². The molecule has 0 aliphatic carbocycles. The predicted molar refractivity (Wildman–Crippen MR) is 113 cm³/mol. The second-order valence-electron chi connectivity index (χ2n) is 6.61. The van der Waals surface area contributed by atoms with Gasteiger partial charge in [-0.05, 0) is 47.7 Å². The number of fused-ring (bicyclic) bond motifs is 1. The lowest BCUT2D eigenvalue weighted by atomic mass is 10.2. The highest BCUT2D eigenvalue weighted by Crippen LogP contribution is 2.35. The van der Waals surface area contributed by atoms with Crippen molar-refractivity contribution >= 4 is 40.6 Å². The van der Waals surface area contributed by atoms with E-state index in [9.17, 15) is 19.5 Å². The SMILES string of the molecule is COc1ccc(/C=C2/SC(=O)N(CC(=O)Nc3ccc4c(c3)OCCO4)C2=O)cc1O. The number of ether oxygens (including phenoxy) is 3. The zero-order valence-electron chi connectivity index (χ0n) is 16.4. The van der Waals surface area contributed by atoms with Crippen LogP contribution < -0.4 is 19.5 Å². The van der Waals surface area contributed by atoms with E-state index in [2.05, 4.69) is 5.32 Å². The van der Waals surface area contributed by atoms with E-state index in [1.54, 1.807) is 30.3 Å². The van der Waals surface area contributed by atoms with Crippen LogP contribution in [0.25, 0.3) is 6.08 Å². The van der Waals surface area contributed by atoms with Crippen LogP contribution in [0, 0.1) is 0 Å². The number of phenols is 1. The fourth-order valence-corrected chi connectivity index (χ4v) is 3.89. The molecule has 3 amide bonds. The molecule has 0 spiro atoms. The number of nitrogens with zero attached hydrogens (tertiary/aromatic N) is 1. The second kappa shape index (κ2) is 8.60. The summed E-state index contributed by atoms with van der Waals surface area (Å²) in [7, 11) is 1.43. The molecule has 2 aromatic rings. The first kappa shape index (κ1) is 20.6. The average Bonchev–Trinajstić information content (AvgIpc) is 3.01. The largest absolute Gasteiger partial charge is 0.504 e. The van der Waals surface area contributed by atoms with Crippen LogP contribution >= 0.6 is 11.8 Å².